The monoisotopic (exact) mass is 296 g/mol. The zero-order chi connectivity index (χ0) is 14.8. The van der Waals surface area contributed by atoms with Gasteiger partial charge < -0.3 is 5.32 Å². The van der Waals surface area contributed by atoms with E-state index in [2.05, 4.69) is 34.3 Å². The first kappa shape index (κ1) is 15.5. The lowest BCUT2D eigenvalue weighted by molar-refractivity contribution is 0.369. The van der Waals surface area contributed by atoms with Gasteiger partial charge in [-0.05, 0) is 44.2 Å². The molecule has 0 fully saturated rings. The molecular weight excluding hydrogens is 272 g/mol. The molecular formula is C15H24N2O2S. The van der Waals surface area contributed by atoms with Gasteiger partial charge in [-0.15, -0.1) is 0 Å². The van der Waals surface area contributed by atoms with E-state index >= 15 is 0 Å². The quantitative estimate of drug-likeness (QED) is 0.865. The number of rotatable bonds is 5. The van der Waals surface area contributed by atoms with Crippen molar-refractivity contribution in [3.63, 3.8) is 0 Å². The van der Waals surface area contributed by atoms with E-state index in [1.165, 1.54) is 17.4 Å². The summed E-state index contributed by atoms with van der Waals surface area (Å²) in [4.78, 5) is 0. The van der Waals surface area contributed by atoms with Gasteiger partial charge in [0.2, 0.25) is 10.0 Å². The summed E-state index contributed by atoms with van der Waals surface area (Å²) >= 11 is 0. The maximum Gasteiger partial charge on any atom is 0.209 e. The van der Waals surface area contributed by atoms with Gasteiger partial charge in [-0.3, -0.25) is 0 Å². The summed E-state index contributed by atoms with van der Waals surface area (Å²) in [5, 5.41) is 3.50. The zero-order valence-electron chi connectivity index (χ0n) is 12.4. The standard InChI is InChI=1S/C15H24N2O2S/c1-15(2,17-20(3,18)19)11-16-14-9-8-12-6-4-5-7-13(12)10-14/h4-7,14,16-17H,8-11H2,1-3H3. The van der Waals surface area contributed by atoms with Gasteiger partial charge in [0.05, 0.1) is 6.26 Å². The summed E-state index contributed by atoms with van der Waals surface area (Å²) < 4.78 is 25.3. The molecule has 1 aromatic rings. The number of aryl methyl sites for hydroxylation is 1. The maximum absolute atomic E-state index is 11.3. The molecule has 0 saturated carbocycles. The topological polar surface area (TPSA) is 58.2 Å². The van der Waals surface area contributed by atoms with Gasteiger partial charge in [0.25, 0.3) is 0 Å². The highest BCUT2D eigenvalue weighted by Gasteiger charge is 2.24. The van der Waals surface area contributed by atoms with Crippen LogP contribution in [0.1, 0.15) is 31.4 Å². The molecule has 1 aliphatic rings. The minimum Gasteiger partial charge on any atom is -0.312 e. The zero-order valence-corrected chi connectivity index (χ0v) is 13.3. The number of benzene rings is 1. The van der Waals surface area contributed by atoms with Crippen molar-refractivity contribution in [2.75, 3.05) is 12.8 Å². The molecule has 4 nitrogen and oxygen atoms in total. The summed E-state index contributed by atoms with van der Waals surface area (Å²) in [6, 6.07) is 8.97. The van der Waals surface area contributed by atoms with Crippen LogP contribution >= 0.6 is 0 Å². The van der Waals surface area contributed by atoms with Crippen LogP contribution in [0, 0.1) is 0 Å². The molecule has 112 valence electrons. The Morgan fingerprint density at radius 2 is 1.90 bits per heavy atom. The lowest BCUT2D eigenvalue weighted by Gasteiger charge is -2.31. The molecule has 5 heteroatoms. The minimum atomic E-state index is -3.17. The highest BCUT2D eigenvalue weighted by Crippen LogP contribution is 2.21. The fraction of sp³-hybridized carbons (Fsp3) is 0.600. The number of sulfonamides is 1. The fourth-order valence-corrected chi connectivity index (χ4v) is 3.89. The first-order valence-corrected chi connectivity index (χ1v) is 8.93. The van der Waals surface area contributed by atoms with E-state index < -0.39 is 15.6 Å². The Hall–Kier alpha value is -0.910. The van der Waals surface area contributed by atoms with Gasteiger partial charge in [0.1, 0.15) is 0 Å². The predicted octanol–water partition coefficient (Wildman–Crippen LogP) is 1.46. The molecule has 0 heterocycles. The molecule has 1 atom stereocenters. The highest BCUT2D eigenvalue weighted by atomic mass is 32.2. The SMILES string of the molecule is CC(C)(CNC1CCc2ccccc2C1)NS(C)(=O)=O. The normalized spacial score (nSPS) is 19.6. The van der Waals surface area contributed by atoms with Gasteiger partial charge in [0, 0.05) is 18.1 Å². The smallest absolute Gasteiger partial charge is 0.209 e. The van der Waals surface area contributed by atoms with Gasteiger partial charge in [-0.25, -0.2) is 13.1 Å². The van der Waals surface area contributed by atoms with Crippen molar-refractivity contribution < 1.29 is 8.42 Å². The Bertz CT molecular complexity index is 567. The van der Waals surface area contributed by atoms with E-state index in [0.717, 1.165) is 19.3 Å². The summed E-state index contributed by atoms with van der Waals surface area (Å²) in [6.45, 7) is 4.43. The van der Waals surface area contributed by atoms with Crippen LogP contribution in [0.5, 0.6) is 0 Å². The lowest BCUT2D eigenvalue weighted by atomic mass is 9.88. The molecule has 20 heavy (non-hydrogen) atoms. The first-order valence-electron chi connectivity index (χ1n) is 7.04. The molecule has 0 radical (unpaired) electrons. The third-order valence-electron chi connectivity index (χ3n) is 3.64. The van der Waals surface area contributed by atoms with Gasteiger partial charge in [0.15, 0.2) is 0 Å². The van der Waals surface area contributed by atoms with Crippen molar-refractivity contribution in [1.82, 2.24) is 10.0 Å². The third kappa shape index (κ3) is 4.58. The molecule has 0 aromatic heterocycles. The Kier molecular flexibility index (Phi) is 4.52. The van der Waals surface area contributed by atoms with Crippen LogP contribution < -0.4 is 10.0 Å². The van der Waals surface area contributed by atoms with Crippen LogP contribution in [0.3, 0.4) is 0 Å². The molecule has 0 amide bonds. The minimum absolute atomic E-state index is 0.422. The lowest BCUT2D eigenvalue weighted by Crippen LogP contribution is -2.52. The van der Waals surface area contributed by atoms with Crippen LogP contribution in [0.2, 0.25) is 0 Å². The molecule has 2 rings (SSSR count). The maximum atomic E-state index is 11.3. The van der Waals surface area contributed by atoms with Crippen molar-refractivity contribution >= 4 is 10.0 Å². The van der Waals surface area contributed by atoms with Crippen molar-refractivity contribution in [3.05, 3.63) is 35.4 Å². The summed E-state index contributed by atoms with van der Waals surface area (Å²) in [5.41, 5.74) is 2.38. The molecule has 0 aliphatic heterocycles. The van der Waals surface area contributed by atoms with Crippen LogP contribution in [-0.4, -0.2) is 32.8 Å². The largest absolute Gasteiger partial charge is 0.312 e. The Balaban J connectivity index is 1.90. The molecule has 1 aromatic carbocycles. The van der Waals surface area contributed by atoms with E-state index in [4.69, 9.17) is 0 Å². The molecule has 1 unspecified atom stereocenters. The average molecular weight is 296 g/mol. The molecule has 0 bridgehead atoms. The van der Waals surface area contributed by atoms with Crippen molar-refractivity contribution in [1.29, 1.82) is 0 Å². The highest BCUT2D eigenvalue weighted by molar-refractivity contribution is 7.88. The third-order valence-corrected chi connectivity index (χ3v) is 4.56. The summed E-state index contributed by atoms with van der Waals surface area (Å²) in [6.07, 6.45) is 4.41. The molecule has 2 N–H and O–H groups in total. The fourth-order valence-electron chi connectivity index (χ4n) is 2.81. The first-order chi connectivity index (χ1) is 9.25. The molecule has 0 saturated heterocycles. The van der Waals surface area contributed by atoms with Crippen LogP contribution in [0.25, 0.3) is 0 Å². The second-order valence-electron chi connectivity index (χ2n) is 6.35. The second kappa shape index (κ2) is 5.84. The van der Waals surface area contributed by atoms with E-state index in [-0.39, 0.29) is 0 Å². The molecule has 1 aliphatic carbocycles. The van der Waals surface area contributed by atoms with Gasteiger partial charge in [-0.1, -0.05) is 24.3 Å². The number of nitrogens with one attached hydrogen (secondary N) is 2. The van der Waals surface area contributed by atoms with Crippen molar-refractivity contribution in [2.24, 2.45) is 0 Å². The van der Waals surface area contributed by atoms with Gasteiger partial charge in [-0.2, -0.15) is 0 Å². The van der Waals surface area contributed by atoms with Crippen LogP contribution in [-0.2, 0) is 22.9 Å². The van der Waals surface area contributed by atoms with E-state index in [9.17, 15) is 8.42 Å². The van der Waals surface area contributed by atoms with Crippen LogP contribution in [0.4, 0.5) is 0 Å². The number of fused-ring (bicyclic) bond motifs is 1. The second-order valence-corrected chi connectivity index (χ2v) is 8.10. The van der Waals surface area contributed by atoms with Crippen LogP contribution in [0.15, 0.2) is 24.3 Å². The molecule has 0 spiro atoms. The number of hydrogen-bond donors (Lipinski definition) is 2. The average Bonchev–Trinajstić information content (AvgIpc) is 2.33. The van der Waals surface area contributed by atoms with E-state index in [0.29, 0.717) is 12.6 Å². The van der Waals surface area contributed by atoms with E-state index in [1.807, 2.05) is 13.8 Å². The van der Waals surface area contributed by atoms with Gasteiger partial charge >= 0.3 is 0 Å². The predicted molar refractivity (Wildman–Crippen MR) is 82.3 cm³/mol. The Morgan fingerprint density at radius 3 is 2.55 bits per heavy atom. The summed E-state index contributed by atoms with van der Waals surface area (Å²) in [7, 11) is -3.17. The van der Waals surface area contributed by atoms with Crippen molar-refractivity contribution in [2.45, 2.75) is 44.7 Å². The summed E-state index contributed by atoms with van der Waals surface area (Å²) in [5.74, 6) is 0. The number of hydrogen-bond acceptors (Lipinski definition) is 3. The Morgan fingerprint density at radius 1 is 1.25 bits per heavy atom. The Labute approximate surface area is 122 Å². The van der Waals surface area contributed by atoms with E-state index in [1.54, 1.807) is 0 Å². The van der Waals surface area contributed by atoms with Crippen molar-refractivity contribution in [3.8, 4) is 0 Å².